The van der Waals surface area contributed by atoms with Gasteiger partial charge in [0.25, 0.3) is 5.91 Å². The van der Waals surface area contributed by atoms with Crippen LogP contribution in [0.15, 0.2) is 18.2 Å². The summed E-state index contributed by atoms with van der Waals surface area (Å²) >= 11 is 5.96. The molecular weight excluding hydrogens is 276 g/mol. The lowest BCUT2D eigenvalue weighted by Crippen LogP contribution is -2.28. The Morgan fingerprint density at radius 2 is 2.35 bits per heavy atom. The maximum Gasteiger partial charge on any atom is 0.253 e. The Balaban J connectivity index is 2.15. The van der Waals surface area contributed by atoms with Gasteiger partial charge in [-0.2, -0.15) is 0 Å². The Bertz CT molecular complexity index is 563. The largest absolute Gasteiger partial charge is 0.365 e. The van der Waals surface area contributed by atoms with Crippen LogP contribution in [-0.4, -0.2) is 24.7 Å². The second-order valence-corrected chi connectivity index (χ2v) is 5.13. The normalized spacial score (nSPS) is 21.1. The summed E-state index contributed by atoms with van der Waals surface area (Å²) in [6, 6.07) is 5.17. The van der Waals surface area contributed by atoms with E-state index in [1.165, 1.54) is 0 Å². The maximum atomic E-state index is 12.1. The maximum absolute atomic E-state index is 12.1. The van der Waals surface area contributed by atoms with Crippen molar-refractivity contribution in [2.45, 2.75) is 32.0 Å². The van der Waals surface area contributed by atoms with E-state index in [-0.39, 0.29) is 18.6 Å². The summed E-state index contributed by atoms with van der Waals surface area (Å²) in [7, 11) is 0. The van der Waals surface area contributed by atoms with Crippen molar-refractivity contribution >= 4 is 23.2 Å². The molecule has 106 valence electrons. The van der Waals surface area contributed by atoms with Crippen LogP contribution in [-0.2, 0) is 9.53 Å². The summed E-state index contributed by atoms with van der Waals surface area (Å²) in [5, 5.41) is 3.37. The van der Waals surface area contributed by atoms with E-state index < -0.39 is 6.10 Å². The number of benzene rings is 1. The molecule has 0 aliphatic carbocycles. The number of nitrogens with two attached hydrogens (primary N) is 1. The third-order valence-electron chi connectivity index (χ3n) is 3.09. The summed E-state index contributed by atoms with van der Waals surface area (Å²) in [5.41, 5.74) is 6.65. The SMILES string of the molecule is CC1CCC(C(=O)Nc2cc(Cl)ccc2C#CCN)O1. The van der Waals surface area contributed by atoms with Gasteiger partial charge in [-0.25, -0.2) is 0 Å². The Morgan fingerprint density at radius 1 is 1.55 bits per heavy atom. The first-order chi connectivity index (χ1) is 9.60. The molecule has 0 spiro atoms. The number of halogens is 1. The predicted molar refractivity (Wildman–Crippen MR) is 79.6 cm³/mol. The summed E-state index contributed by atoms with van der Waals surface area (Å²) < 4.78 is 5.55. The van der Waals surface area contributed by atoms with Gasteiger partial charge in [-0.3, -0.25) is 4.79 Å². The molecule has 2 atom stereocenters. The summed E-state index contributed by atoms with van der Waals surface area (Å²) in [6.45, 7) is 2.23. The van der Waals surface area contributed by atoms with Crippen molar-refractivity contribution in [3.05, 3.63) is 28.8 Å². The van der Waals surface area contributed by atoms with E-state index in [2.05, 4.69) is 17.2 Å². The lowest BCUT2D eigenvalue weighted by molar-refractivity contribution is -0.126. The first kappa shape index (κ1) is 14.9. The molecule has 1 aromatic rings. The van der Waals surface area contributed by atoms with Crippen molar-refractivity contribution in [1.29, 1.82) is 0 Å². The third-order valence-corrected chi connectivity index (χ3v) is 3.32. The van der Waals surface area contributed by atoms with Crippen molar-refractivity contribution in [3.63, 3.8) is 0 Å². The molecule has 2 rings (SSSR count). The molecule has 1 fully saturated rings. The zero-order chi connectivity index (χ0) is 14.5. The number of hydrogen-bond acceptors (Lipinski definition) is 3. The second kappa shape index (κ2) is 6.76. The minimum absolute atomic E-state index is 0.126. The number of anilines is 1. The molecule has 0 aromatic heterocycles. The van der Waals surface area contributed by atoms with E-state index in [4.69, 9.17) is 22.1 Å². The number of hydrogen-bond donors (Lipinski definition) is 2. The minimum Gasteiger partial charge on any atom is -0.365 e. The van der Waals surface area contributed by atoms with Gasteiger partial charge >= 0.3 is 0 Å². The second-order valence-electron chi connectivity index (χ2n) is 4.70. The molecule has 1 amide bonds. The van der Waals surface area contributed by atoms with Crippen LogP contribution in [0.5, 0.6) is 0 Å². The van der Waals surface area contributed by atoms with Gasteiger partial charge < -0.3 is 15.8 Å². The summed E-state index contributed by atoms with van der Waals surface area (Å²) in [5.74, 6) is 5.52. The van der Waals surface area contributed by atoms with Crippen LogP contribution in [0, 0.1) is 11.8 Å². The number of nitrogens with one attached hydrogen (secondary N) is 1. The molecule has 3 N–H and O–H groups in total. The smallest absolute Gasteiger partial charge is 0.253 e. The molecule has 1 aliphatic rings. The first-order valence-electron chi connectivity index (χ1n) is 6.55. The standard InChI is InChI=1S/C15H17ClN2O2/c1-10-4-7-14(20-10)15(19)18-13-9-12(16)6-5-11(13)3-2-8-17/h5-6,9-10,14H,4,7-8,17H2,1H3,(H,18,19). The van der Waals surface area contributed by atoms with Gasteiger partial charge in [-0.05, 0) is 38.0 Å². The highest BCUT2D eigenvalue weighted by molar-refractivity contribution is 6.31. The lowest BCUT2D eigenvalue weighted by atomic mass is 10.1. The van der Waals surface area contributed by atoms with E-state index in [1.54, 1.807) is 18.2 Å². The fourth-order valence-corrected chi connectivity index (χ4v) is 2.26. The highest BCUT2D eigenvalue weighted by atomic mass is 35.5. The van der Waals surface area contributed by atoms with Gasteiger partial charge in [0.1, 0.15) is 6.10 Å². The van der Waals surface area contributed by atoms with Crippen molar-refractivity contribution in [2.75, 3.05) is 11.9 Å². The first-order valence-corrected chi connectivity index (χ1v) is 6.92. The van der Waals surface area contributed by atoms with Gasteiger partial charge in [-0.15, -0.1) is 0 Å². The Labute approximate surface area is 123 Å². The molecule has 0 bridgehead atoms. The molecule has 0 radical (unpaired) electrons. The van der Waals surface area contributed by atoms with Gasteiger partial charge in [-0.1, -0.05) is 23.4 Å². The number of ether oxygens (including phenoxy) is 1. The molecule has 0 saturated carbocycles. The molecule has 5 heteroatoms. The Hall–Kier alpha value is -1.54. The molecule has 4 nitrogen and oxygen atoms in total. The number of carbonyl (C=O) groups is 1. The average molecular weight is 293 g/mol. The molecule has 1 aromatic carbocycles. The predicted octanol–water partition coefficient (Wildman–Crippen LogP) is 2.16. The molecule has 20 heavy (non-hydrogen) atoms. The average Bonchev–Trinajstić information content (AvgIpc) is 2.85. The fourth-order valence-electron chi connectivity index (χ4n) is 2.08. The number of carbonyl (C=O) groups excluding carboxylic acids is 1. The van der Waals surface area contributed by atoms with Gasteiger partial charge in [0.05, 0.1) is 18.3 Å². The summed E-state index contributed by atoms with van der Waals surface area (Å²) in [6.07, 6.45) is 1.35. The zero-order valence-electron chi connectivity index (χ0n) is 11.3. The van der Waals surface area contributed by atoms with Crippen molar-refractivity contribution in [3.8, 4) is 11.8 Å². The Kier molecular flexibility index (Phi) is 5.02. The van der Waals surface area contributed by atoms with E-state index in [1.807, 2.05) is 6.92 Å². The third kappa shape index (κ3) is 3.73. The van der Waals surface area contributed by atoms with Crippen LogP contribution < -0.4 is 11.1 Å². The van der Waals surface area contributed by atoms with Crippen LogP contribution in [0.4, 0.5) is 5.69 Å². The molecule has 1 aliphatic heterocycles. The van der Waals surface area contributed by atoms with Crippen molar-refractivity contribution < 1.29 is 9.53 Å². The van der Waals surface area contributed by atoms with E-state index >= 15 is 0 Å². The zero-order valence-corrected chi connectivity index (χ0v) is 12.0. The van der Waals surface area contributed by atoms with Crippen molar-refractivity contribution in [1.82, 2.24) is 0 Å². The molecule has 1 heterocycles. The van der Waals surface area contributed by atoms with Crippen LogP contribution in [0.3, 0.4) is 0 Å². The minimum atomic E-state index is -0.403. The van der Waals surface area contributed by atoms with Crippen LogP contribution in [0.2, 0.25) is 5.02 Å². The van der Waals surface area contributed by atoms with Gasteiger partial charge in [0.15, 0.2) is 0 Å². The lowest BCUT2D eigenvalue weighted by Gasteiger charge is -2.13. The highest BCUT2D eigenvalue weighted by Gasteiger charge is 2.28. The monoisotopic (exact) mass is 292 g/mol. The van der Waals surface area contributed by atoms with E-state index in [0.29, 0.717) is 16.3 Å². The van der Waals surface area contributed by atoms with Crippen LogP contribution in [0.25, 0.3) is 0 Å². The fraction of sp³-hybridized carbons (Fsp3) is 0.400. The number of amides is 1. The van der Waals surface area contributed by atoms with Crippen molar-refractivity contribution in [2.24, 2.45) is 5.73 Å². The topological polar surface area (TPSA) is 64.4 Å². The van der Waals surface area contributed by atoms with Gasteiger partial charge in [0, 0.05) is 10.6 Å². The van der Waals surface area contributed by atoms with Crippen LogP contribution >= 0.6 is 11.6 Å². The van der Waals surface area contributed by atoms with Crippen LogP contribution in [0.1, 0.15) is 25.3 Å². The Morgan fingerprint density at radius 3 is 3.00 bits per heavy atom. The molecule has 1 saturated heterocycles. The quantitative estimate of drug-likeness (QED) is 0.821. The van der Waals surface area contributed by atoms with E-state index in [0.717, 1.165) is 12.8 Å². The van der Waals surface area contributed by atoms with E-state index in [9.17, 15) is 4.79 Å². The number of rotatable bonds is 2. The van der Waals surface area contributed by atoms with Gasteiger partial charge in [0.2, 0.25) is 0 Å². The molecule has 2 unspecified atom stereocenters. The summed E-state index contributed by atoms with van der Waals surface area (Å²) in [4.78, 5) is 12.1. The highest BCUT2D eigenvalue weighted by Crippen LogP contribution is 2.24. The molecular formula is C15H17ClN2O2.